The molecular formula is C15H14N2O. The second kappa shape index (κ2) is 4.63. The van der Waals surface area contributed by atoms with Crippen LogP contribution in [0.4, 0.5) is 0 Å². The Balaban J connectivity index is 2.06. The van der Waals surface area contributed by atoms with Crippen molar-refractivity contribution in [3.63, 3.8) is 0 Å². The molecule has 1 N–H and O–H groups in total. The van der Waals surface area contributed by atoms with E-state index >= 15 is 0 Å². The predicted octanol–water partition coefficient (Wildman–Crippen LogP) is 3.30. The summed E-state index contributed by atoms with van der Waals surface area (Å²) in [7, 11) is 1.70. The molecule has 0 fully saturated rings. The van der Waals surface area contributed by atoms with E-state index in [2.05, 4.69) is 9.97 Å². The maximum atomic E-state index is 5.56. The maximum absolute atomic E-state index is 5.56. The first-order valence-electron chi connectivity index (χ1n) is 5.91. The molecule has 0 aliphatic carbocycles. The first-order valence-corrected chi connectivity index (χ1v) is 5.91. The molecule has 18 heavy (non-hydrogen) atoms. The Kier molecular flexibility index (Phi) is 2.82. The monoisotopic (exact) mass is 238 g/mol. The van der Waals surface area contributed by atoms with E-state index in [1.807, 2.05) is 54.6 Å². The van der Waals surface area contributed by atoms with Gasteiger partial charge in [0.1, 0.15) is 11.9 Å². The number of methoxy groups -OCH3 is 1. The van der Waals surface area contributed by atoms with Gasteiger partial charge < -0.3 is 9.72 Å². The number of hydrogen-bond donors (Lipinski definition) is 1. The number of aromatic amines is 1. The zero-order valence-electron chi connectivity index (χ0n) is 10.1. The van der Waals surface area contributed by atoms with E-state index in [0.29, 0.717) is 0 Å². The third-order valence-electron chi connectivity index (χ3n) is 2.99. The number of H-pyrrole nitrogens is 1. The third-order valence-corrected chi connectivity index (χ3v) is 2.99. The van der Waals surface area contributed by atoms with Crippen LogP contribution in [-0.2, 0) is 4.74 Å². The lowest BCUT2D eigenvalue weighted by Gasteiger charge is -2.12. The van der Waals surface area contributed by atoms with Crippen LogP contribution < -0.4 is 0 Å². The van der Waals surface area contributed by atoms with Crippen LogP contribution in [-0.4, -0.2) is 17.1 Å². The topological polar surface area (TPSA) is 37.9 Å². The highest BCUT2D eigenvalue weighted by Gasteiger charge is 2.16. The number of imidazole rings is 1. The quantitative estimate of drug-likeness (QED) is 0.760. The van der Waals surface area contributed by atoms with Gasteiger partial charge in [0.05, 0.1) is 11.0 Å². The average Bonchev–Trinajstić information content (AvgIpc) is 2.84. The number of aromatic nitrogens is 2. The molecule has 2 aromatic carbocycles. The summed E-state index contributed by atoms with van der Waals surface area (Å²) in [6, 6.07) is 18.1. The molecule has 0 aliphatic rings. The molecule has 0 bridgehead atoms. The van der Waals surface area contributed by atoms with Gasteiger partial charge in [-0.1, -0.05) is 42.5 Å². The van der Waals surface area contributed by atoms with Crippen molar-refractivity contribution in [3.8, 4) is 0 Å². The van der Waals surface area contributed by atoms with Gasteiger partial charge in [-0.15, -0.1) is 0 Å². The second-order valence-corrected chi connectivity index (χ2v) is 4.17. The minimum absolute atomic E-state index is 0.154. The number of para-hydroxylation sites is 2. The zero-order valence-corrected chi connectivity index (χ0v) is 10.1. The molecule has 0 saturated heterocycles. The van der Waals surface area contributed by atoms with Gasteiger partial charge in [0.25, 0.3) is 0 Å². The lowest BCUT2D eigenvalue weighted by atomic mass is 10.1. The van der Waals surface area contributed by atoms with Crippen molar-refractivity contribution in [2.45, 2.75) is 6.10 Å². The smallest absolute Gasteiger partial charge is 0.141 e. The summed E-state index contributed by atoms with van der Waals surface area (Å²) in [5.41, 5.74) is 3.09. The van der Waals surface area contributed by atoms with Crippen LogP contribution in [0.3, 0.4) is 0 Å². The summed E-state index contributed by atoms with van der Waals surface area (Å²) in [6.07, 6.45) is -0.154. The molecule has 1 atom stereocenters. The van der Waals surface area contributed by atoms with Crippen LogP contribution >= 0.6 is 0 Å². The summed E-state index contributed by atoms with van der Waals surface area (Å²) in [5.74, 6) is 0.838. The lowest BCUT2D eigenvalue weighted by Crippen LogP contribution is -2.05. The summed E-state index contributed by atoms with van der Waals surface area (Å²) < 4.78 is 5.56. The van der Waals surface area contributed by atoms with E-state index in [9.17, 15) is 0 Å². The first kappa shape index (κ1) is 11.0. The minimum atomic E-state index is -0.154. The molecule has 1 heterocycles. The zero-order chi connectivity index (χ0) is 12.4. The number of fused-ring (bicyclic) bond motifs is 1. The number of nitrogens with one attached hydrogen (secondary N) is 1. The molecule has 3 aromatic rings. The normalized spacial score (nSPS) is 12.7. The van der Waals surface area contributed by atoms with Gasteiger partial charge in [0.2, 0.25) is 0 Å². The van der Waals surface area contributed by atoms with Crippen LogP contribution in [0, 0.1) is 0 Å². The van der Waals surface area contributed by atoms with Crippen molar-refractivity contribution in [2.24, 2.45) is 0 Å². The highest BCUT2D eigenvalue weighted by atomic mass is 16.5. The van der Waals surface area contributed by atoms with Gasteiger partial charge in [0, 0.05) is 7.11 Å². The SMILES string of the molecule is COC(c1ccccc1)c1nc2ccccc2[nH]1. The lowest BCUT2D eigenvalue weighted by molar-refractivity contribution is 0.130. The van der Waals surface area contributed by atoms with E-state index in [0.717, 1.165) is 22.4 Å². The Morgan fingerprint density at radius 2 is 1.72 bits per heavy atom. The van der Waals surface area contributed by atoms with Gasteiger partial charge >= 0.3 is 0 Å². The molecule has 3 rings (SSSR count). The summed E-state index contributed by atoms with van der Waals surface area (Å²) >= 11 is 0. The molecule has 90 valence electrons. The second-order valence-electron chi connectivity index (χ2n) is 4.17. The predicted molar refractivity (Wildman–Crippen MR) is 71.4 cm³/mol. The van der Waals surface area contributed by atoms with Crippen molar-refractivity contribution in [1.29, 1.82) is 0 Å². The fraction of sp³-hybridized carbons (Fsp3) is 0.133. The van der Waals surface area contributed by atoms with Crippen LogP contribution in [0.1, 0.15) is 17.5 Å². The van der Waals surface area contributed by atoms with Gasteiger partial charge in [-0.25, -0.2) is 4.98 Å². The van der Waals surface area contributed by atoms with E-state index in [4.69, 9.17) is 4.74 Å². The number of rotatable bonds is 3. The van der Waals surface area contributed by atoms with Gasteiger partial charge in [0.15, 0.2) is 0 Å². The fourth-order valence-corrected chi connectivity index (χ4v) is 2.13. The van der Waals surface area contributed by atoms with Crippen molar-refractivity contribution in [1.82, 2.24) is 9.97 Å². The van der Waals surface area contributed by atoms with E-state index in [-0.39, 0.29) is 6.10 Å². The summed E-state index contributed by atoms with van der Waals surface area (Å²) in [6.45, 7) is 0. The van der Waals surface area contributed by atoms with Crippen LogP contribution in [0.5, 0.6) is 0 Å². The van der Waals surface area contributed by atoms with Crippen LogP contribution in [0.25, 0.3) is 11.0 Å². The van der Waals surface area contributed by atoms with E-state index in [1.54, 1.807) is 7.11 Å². The molecule has 3 nitrogen and oxygen atoms in total. The molecule has 1 unspecified atom stereocenters. The number of ether oxygens (including phenoxy) is 1. The molecule has 3 heteroatoms. The third kappa shape index (κ3) is 1.89. The van der Waals surface area contributed by atoms with Gasteiger partial charge in [-0.2, -0.15) is 0 Å². The number of hydrogen-bond acceptors (Lipinski definition) is 2. The molecule has 0 spiro atoms. The Morgan fingerprint density at radius 1 is 1.00 bits per heavy atom. The summed E-state index contributed by atoms with van der Waals surface area (Å²) in [4.78, 5) is 7.89. The molecular weight excluding hydrogens is 224 g/mol. The number of benzene rings is 2. The van der Waals surface area contributed by atoms with Crippen LogP contribution in [0.15, 0.2) is 54.6 Å². The molecule has 0 amide bonds. The van der Waals surface area contributed by atoms with Crippen molar-refractivity contribution < 1.29 is 4.74 Å². The Labute approximate surface area is 105 Å². The summed E-state index contributed by atoms with van der Waals surface area (Å²) in [5, 5.41) is 0. The highest BCUT2D eigenvalue weighted by Crippen LogP contribution is 2.24. The molecule has 0 aliphatic heterocycles. The Morgan fingerprint density at radius 3 is 2.44 bits per heavy atom. The van der Waals surface area contributed by atoms with Crippen LogP contribution in [0.2, 0.25) is 0 Å². The van der Waals surface area contributed by atoms with E-state index < -0.39 is 0 Å². The average molecular weight is 238 g/mol. The van der Waals surface area contributed by atoms with Gasteiger partial charge in [-0.3, -0.25) is 0 Å². The van der Waals surface area contributed by atoms with Crippen molar-refractivity contribution in [2.75, 3.05) is 7.11 Å². The standard InChI is InChI=1S/C15H14N2O/c1-18-14(11-7-3-2-4-8-11)15-16-12-9-5-6-10-13(12)17-15/h2-10,14H,1H3,(H,16,17). The maximum Gasteiger partial charge on any atom is 0.141 e. The van der Waals surface area contributed by atoms with E-state index in [1.165, 1.54) is 0 Å². The van der Waals surface area contributed by atoms with Crippen molar-refractivity contribution >= 4 is 11.0 Å². The fourth-order valence-electron chi connectivity index (χ4n) is 2.13. The minimum Gasteiger partial charge on any atom is -0.369 e. The molecule has 1 aromatic heterocycles. The molecule has 0 saturated carbocycles. The first-order chi connectivity index (χ1) is 8.88. The Bertz CT molecular complexity index is 613. The highest BCUT2D eigenvalue weighted by molar-refractivity contribution is 5.74. The van der Waals surface area contributed by atoms with Gasteiger partial charge in [-0.05, 0) is 17.7 Å². The van der Waals surface area contributed by atoms with Crippen molar-refractivity contribution in [3.05, 3.63) is 66.0 Å². The largest absolute Gasteiger partial charge is 0.369 e. The number of nitrogens with zero attached hydrogens (tertiary/aromatic N) is 1. The Hall–Kier alpha value is -2.13. The molecule has 0 radical (unpaired) electrons.